The molecule has 0 atom stereocenters. The Bertz CT molecular complexity index is 426. The highest BCUT2D eigenvalue weighted by Crippen LogP contribution is 2.27. The van der Waals surface area contributed by atoms with Crippen LogP contribution in [0, 0.1) is 6.92 Å². The molecule has 1 aliphatic rings. The molecule has 1 aromatic rings. The molecule has 0 unspecified atom stereocenters. The SMILES string of the molecule is Cc1cc(CN)ccc1N1CCN(C)C(C)(C)C1. The first-order valence-electron chi connectivity index (χ1n) is 6.70. The molecule has 2 rings (SSSR count). The highest BCUT2D eigenvalue weighted by molar-refractivity contribution is 5.55. The van der Waals surface area contributed by atoms with E-state index in [4.69, 9.17) is 5.73 Å². The first kappa shape index (κ1) is 13.4. The average molecular weight is 247 g/mol. The Labute approximate surface area is 111 Å². The van der Waals surface area contributed by atoms with Crippen molar-refractivity contribution in [1.82, 2.24) is 4.90 Å². The summed E-state index contributed by atoms with van der Waals surface area (Å²) >= 11 is 0. The van der Waals surface area contributed by atoms with Gasteiger partial charge in [-0.1, -0.05) is 12.1 Å². The molecule has 3 nitrogen and oxygen atoms in total. The van der Waals surface area contributed by atoms with E-state index in [1.807, 2.05) is 0 Å². The molecule has 18 heavy (non-hydrogen) atoms. The minimum atomic E-state index is 0.233. The largest absolute Gasteiger partial charge is 0.368 e. The van der Waals surface area contributed by atoms with Crippen LogP contribution in [0.3, 0.4) is 0 Å². The van der Waals surface area contributed by atoms with Crippen LogP contribution in [0.25, 0.3) is 0 Å². The highest BCUT2D eigenvalue weighted by atomic mass is 15.3. The van der Waals surface area contributed by atoms with Gasteiger partial charge in [0.2, 0.25) is 0 Å². The molecule has 0 aliphatic carbocycles. The van der Waals surface area contributed by atoms with Crippen LogP contribution in [0.4, 0.5) is 5.69 Å². The van der Waals surface area contributed by atoms with Gasteiger partial charge in [-0.15, -0.1) is 0 Å². The molecule has 3 heteroatoms. The molecule has 1 saturated heterocycles. The Morgan fingerprint density at radius 2 is 2.00 bits per heavy atom. The number of rotatable bonds is 2. The fraction of sp³-hybridized carbons (Fsp3) is 0.600. The maximum absolute atomic E-state index is 5.69. The van der Waals surface area contributed by atoms with Crippen LogP contribution in [0.2, 0.25) is 0 Å². The third-order valence-corrected chi connectivity index (χ3v) is 4.15. The van der Waals surface area contributed by atoms with Gasteiger partial charge in [-0.25, -0.2) is 0 Å². The van der Waals surface area contributed by atoms with E-state index in [0.717, 1.165) is 19.6 Å². The van der Waals surface area contributed by atoms with Crippen molar-refractivity contribution in [3.63, 3.8) is 0 Å². The van der Waals surface area contributed by atoms with Gasteiger partial charge in [0.05, 0.1) is 0 Å². The summed E-state index contributed by atoms with van der Waals surface area (Å²) in [5, 5.41) is 0. The van der Waals surface area contributed by atoms with E-state index in [1.165, 1.54) is 16.8 Å². The van der Waals surface area contributed by atoms with Crippen LogP contribution >= 0.6 is 0 Å². The number of likely N-dealkylation sites (N-methyl/N-ethyl adjacent to an activating group) is 1. The van der Waals surface area contributed by atoms with Crippen molar-refractivity contribution in [2.45, 2.75) is 32.9 Å². The Hall–Kier alpha value is -1.06. The quantitative estimate of drug-likeness (QED) is 0.867. The van der Waals surface area contributed by atoms with Crippen LogP contribution in [0.15, 0.2) is 18.2 Å². The van der Waals surface area contributed by atoms with E-state index in [-0.39, 0.29) is 5.54 Å². The van der Waals surface area contributed by atoms with E-state index < -0.39 is 0 Å². The smallest absolute Gasteiger partial charge is 0.0397 e. The zero-order chi connectivity index (χ0) is 13.3. The molecule has 1 aliphatic heterocycles. The third kappa shape index (κ3) is 2.52. The summed E-state index contributed by atoms with van der Waals surface area (Å²) in [5.41, 5.74) is 9.82. The van der Waals surface area contributed by atoms with Crippen molar-refractivity contribution in [3.05, 3.63) is 29.3 Å². The molecule has 0 saturated carbocycles. The molecular weight excluding hydrogens is 222 g/mol. The van der Waals surface area contributed by atoms with Gasteiger partial charge in [-0.2, -0.15) is 0 Å². The van der Waals surface area contributed by atoms with Crippen molar-refractivity contribution in [2.24, 2.45) is 5.73 Å². The lowest BCUT2D eigenvalue weighted by Crippen LogP contribution is -2.57. The Balaban J connectivity index is 2.22. The van der Waals surface area contributed by atoms with E-state index in [9.17, 15) is 0 Å². The van der Waals surface area contributed by atoms with Crippen molar-refractivity contribution >= 4 is 5.69 Å². The first-order chi connectivity index (χ1) is 8.44. The summed E-state index contributed by atoms with van der Waals surface area (Å²) in [6, 6.07) is 6.58. The lowest BCUT2D eigenvalue weighted by molar-refractivity contribution is 0.139. The molecule has 0 bridgehead atoms. The van der Waals surface area contributed by atoms with Gasteiger partial charge in [0.25, 0.3) is 0 Å². The first-order valence-corrected chi connectivity index (χ1v) is 6.70. The monoisotopic (exact) mass is 247 g/mol. The van der Waals surface area contributed by atoms with Crippen molar-refractivity contribution in [2.75, 3.05) is 31.6 Å². The van der Waals surface area contributed by atoms with E-state index in [2.05, 4.69) is 55.8 Å². The average Bonchev–Trinajstić information content (AvgIpc) is 2.32. The molecule has 1 heterocycles. The number of hydrogen-bond donors (Lipinski definition) is 1. The summed E-state index contributed by atoms with van der Waals surface area (Å²) in [5.74, 6) is 0. The lowest BCUT2D eigenvalue weighted by Gasteiger charge is -2.46. The van der Waals surface area contributed by atoms with Crippen LogP contribution in [0.5, 0.6) is 0 Å². The van der Waals surface area contributed by atoms with Gasteiger partial charge in [0.1, 0.15) is 0 Å². The second kappa shape index (κ2) is 4.90. The minimum Gasteiger partial charge on any atom is -0.368 e. The summed E-state index contributed by atoms with van der Waals surface area (Å²) in [6.45, 7) is 10.7. The summed E-state index contributed by atoms with van der Waals surface area (Å²) in [4.78, 5) is 4.93. The molecule has 1 fully saturated rings. The molecular formula is C15H25N3. The zero-order valence-corrected chi connectivity index (χ0v) is 12.0. The van der Waals surface area contributed by atoms with Gasteiger partial charge < -0.3 is 10.6 Å². The van der Waals surface area contributed by atoms with E-state index >= 15 is 0 Å². The van der Waals surface area contributed by atoms with Crippen molar-refractivity contribution < 1.29 is 0 Å². The van der Waals surface area contributed by atoms with Gasteiger partial charge in [0, 0.05) is 37.4 Å². The number of anilines is 1. The zero-order valence-electron chi connectivity index (χ0n) is 12.0. The van der Waals surface area contributed by atoms with Crippen LogP contribution in [-0.2, 0) is 6.54 Å². The molecule has 0 radical (unpaired) electrons. The normalized spacial score (nSPS) is 20.2. The summed E-state index contributed by atoms with van der Waals surface area (Å²) in [6.07, 6.45) is 0. The second-order valence-corrected chi connectivity index (χ2v) is 5.98. The third-order valence-electron chi connectivity index (χ3n) is 4.15. The predicted octanol–water partition coefficient (Wildman–Crippen LogP) is 1.98. The standard InChI is InChI=1S/C15H25N3/c1-12-9-13(10-16)5-6-14(12)18-8-7-17(4)15(2,3)11-18/h5-6,9H,7-8,10-11,16H2,1-4H3. The number of piperazine rings is 1. The maximum Gasteiger partial charge on any atom is 0.0397 e. The second-order valence-electron chi connectivity index (χ2n) is 5.98. The van der Waals surface area contributed by atoms with E-state index in [0.29, 0.717) is 6.54 Å². The van der Waals surface area contributed by atoms with Gasteiger partial charge in [-0.05, 0) is 45.0 Å². The molecule has 100 valence electrons. The molecule has 0 spiro atoms. The minimum absolute atomic E-state index is 0.233. The fourth-order valence-electron chi connectivity index (χ4n) is 2.65. The summed E-state index contributed by atoms with van der Waals surface area (Å²) < 4.78 is 0. The highest BCUT2D eigenvalue weighted by Gasteiger charge is 2.31. The topological polar surface area (TPSA) is 32.5 Å². The van der Waals surface area contributed by atoms with E-state index in [1.54, 1.807) is 0 Å². The van der Waals surface area contributed by atoms with Gasteiger partial charge >= 0.3 is 0 Å². The molecule has 2 N–H and O–H groups in total. The number of hydrogen-bond acceptors (Lipinski definition) is 3. The van der Waals surface area contributed by atoms with Crippen LogP contribution in [-0.4, -0.2) is 37.1 Å². The lowest BCUT2D eigenvalue weighted by atomic mass is 9.98. The maximum atomic E-state index is 5.69. The van der Waals surface area contributed by atoms with Crippen LogP contribution in [0.1, 0.15) is 25.0 Å². The number of aryl methyl sites for hydroxylation is 1. The molecule has 1 aromatic carbocycles. The number of nitrogens with two attached hydrogens (primary N) is 1. The Morgan fingerprint density at radius 3 is 2.56 bits per heavy atom. The fourth-order valence-corrected chi connectivity index (χ4v) is 2.65. The van der Waals surface area contributed by atoms with Crippen molar-refractivity contribution in [3.8, 4) is 0 Å². The van der Waals surface area contributed by atoms with Crippen molar-refractivity contribution in [1.29, 1.82) is 0 Å². The predicted molar refractivity (Wildman–Crippen MR) is 78.0 cm³/mol. The molecule has 0 aromatic heterocycles. The number of benzene rings is 1. The molecule has 0 amide bonds. The van der Waals surface area contributed by atoms with Gasteiger partial charge in [-0.3, -0.25) is 4.90 Å². The Kier molecular flexibility index (Phi) is 3.64. The number of nitrogens with zero attached hydrogens (tertiary/aromatic N) is 2. The van der Waals surface area contributed by atoms with Crippen LogP contribution < -0.4 is 10.6 Å². The summed E-state index contributed by atoms with van der Waals surface area (Å²) in [7, 11) is 2.21. The van der Waals surface area contributed by atoms with Gasteiger partial charge in [0.15, 0.2) is 0 Å². The Morgan fingerprint density at radius 1 is 1.28 bits per heavy atom.